The van der Waals surface area contributed by atoms with Crippen molar-refractivity contribution in [3.63, 3.8) is 0 Å². The summed E-state index contributed by atoms with van der Waals surface area (Å²) in [6.07, 6.45) is 2.65. The van der Waals surface area contributed by atoms with Crippen LogP contribution in [0.5, 0.6) is 0 Å². The number of rotatable bonds is 5. The van der Waals surface area contributed by atoms with Crippen LogP contribution in [0.3, 0.4) is 0 Å². The first-order chi connectivity index (χ1) is 13.6. The van der Waals surface area contributed by atoms with Crippen LogP contribution in [0.4, 0.5) is 13.2 Å². The third-order valence-corrected chi connectivity index (χ3v) is 5.40. The molecule has 9 heteroatoms. The fraction of sp³-hybridized carbons (Fsp3) is 0.550. The summed E-state index contributed by atoms with van der Waals surface area (Å²) in [6.45, 7) is 3.39. The zero-order chi connectivity index (χ0) is 21.3. The SMILES string of the molecule is Cc1nn(C)c2c1c(C(F)(F)F)cc(=O)n2C(C)C(=O)NCCC1=CCCCC1. The Hall–Kier alpha value is -2.58. The summed E-state index contributed by atoms with van der Waals surface area (Å²) < 4.78 is 42.7. The number of nitrogens with zero attached hydrogens (tertiary/aromatic N) is 3. The lowest BCUT2D eigenvalue weighted by molar-refractivity contribution is -0.136. The predicted octanol–water partition coefficient (Wildman–Crippen LogP) is 3.63. The van der Waals surface area contributed by atoms with E-state index in [4.69, 9.17) is 0 Å². The second-order valence-electron chi connectivity index (χ2n) is 7.50. The molecule has 29 heavy (non-hydrogen) atoms. The van der Waals surface area contributed by atoms with Crippen LogP contribution in [0.2, 0.25) is 0 Å². The number of hydrogen-bond acceptors (Lipinski definition) is 3. The second kappa shape index (κ2) is 8.04. The molecule has 158 valence electrons. The van der Waals surface area contributed by atoms with Gasteiger partial charge in [-0.1, -0.05) is 11.6 Å². The molecule has 1 aliphatic carbocycles. The highest BCUT2D eigenvalue weighted by molar-refractivity contribution is 5.86. The maximum absolute atomic E-state index is 13.5. The van der Waals surface area contributed by atoms with Gasteiger partial charge in [0.15, 0.2) is 0 Å². The maximum atomic E-state index is 13.5. The van der Waals surface area contributed by atoms with Gasteiger partial charge in [-0.15, -0.1) is 0 Å². The van der Waals surface area contributed by atoms with E-state index in [1.165, 1.54) is 37.6 Å². The molecule has 1 N–H and O–H groups in total. The molecule has 0 bridgehead atoms. The van der Waals surface area contributed by atoms with Gasteiger partial charge >= 0.3 is 6.18 Å². The Morgan fingerprint density at radius 3 is 2.69 bits per heavy atom. The molecule has 0 aromatic carbocycles. The number of carbonyl (C=O) groups is 1. The summed E-state index contributed by atoms with van der Waals surface area (Å²) in [6, 6.07) is -0.421. The zero-order valence-electron chi connectivity index (χ0n) is 16.8. The van der Waals surface area contributed by atoms with E-state index in [0.717, 1.165) is 30.3 Å². The first kappa shape index (κ1) is 21.1. The van der Waals surface area contributed by atoms with Crippen molar-refractivity contribution in [2.75, 3.05) is 6.54 Å². The van der Waals surface area contributed by atoms with E-state index in [2.05, 4.69) is 16.5 Å². The van der Waals surface area contributed by atoms with Gasteiger partial charge in [-0.3, -0.25) is 18.8 Å². The number of alkyl halides is 3. The van der Waals surface area contributed by atoms with Crippen LogP contribution in [0.1, 0.15) is 56.3 Å². The van der Waals surface area contributed by atoms with E-state index in [-0.39, 0.29) is 16.7 Å². The van der Waals surface area contributed by atoms with Crippen molar-refractivity contribution in [1.82, 2.24) is 19.7 Å². The molecule has 2 heterocycles. The smallest absolute Gasteiger partial charge is 0.354 e. The van der Waals surface area contributed by atoms with Gasteiger partial charge in [0.25, 0.3) is 5.56 Å². The van der Waals surface area contributed by atoms with Gasteiger partial charge in [-0.2, -0.15) is 18.3 Å². The molecule has 2 aromatic rings. The van der Waals surface area contributed by atoms with Gasteiger partial charge in [0.1, 0.15) is 11.7 Å². The normalized spacial score (nSPS) is 16.0. The van der Waals surface area contributed by atoms with Crippen molar-refractivity contribution < 1.29 is 18.0 Å². The van der Waals surface area contributed by atoms with E-state index in [1.807, 2.05) is 0 Å². The number of hydrogen-bond donors (Lipinski definition) is 1. The lowest BCUT2D eigenvalue weighted by Gasteiger charge is -2.19. The summed E-state index contributed by atoms with van der Waals surface area (Å²) in [5.74, 6) is -0.413. The monoisotopic (exact) mass is 410 g/mol. The van der Waals surface area contributed by atoms with E-state index in [0.29, 0.717) is 12.6 Å². The fourth-order valence-corrected chi connectivity index (χ4v) is 3.95. The van der Waals surface area contributed by atoms with E-state index in [1.54, 1.807) is 0 Å². The molecule has 0 fully saturated rings. The number of aromatic nitrogens is 3. The standard InChI is InChI=1S/C20H25F3N4O2/c1-12-17-15(20(21,22)23)11-16(28)27(19(17)26(3)25-12)13(2)18(29)24-10-9-14-7-5-4-6-8-14/h7,11,13H,4-6,8-10H2,1-3H3,(H,24,29). The molecular weight excluding hydrogens is 385 g/mol. The van der Waals surface area contributed by atoms with Crippen LogP contribution < -0.4 is 10.9 Å². The van der Waals surface area contributed by atoms with Crippen molar-refractivity contribution in [2.45, 2.75) is 58.2 Å². The molecule has 3 rings (SSSR count). The molecular formula is C20H25F3N4O2. The predicted molar refractivity (Wildman–Crippen MR) is 104 cm³/mol. The van der Waals surface area contributed by atoms with Crippen LogP contribution >= 0.6 is 0 Å². The van der Waals surface area contributed by atoms with Gasteiger partial charge in [0.2, 0.25) is 5.91 Å². The van der Waals surface area contributed by atoms with Crippen LogP contribution in [-0.4, -0.2) is 26.8 Å². The molecule has 1 atom stereocenters. The number of fused-ring (bicyclic) bond motifs is 1. The quantitative estimate of drug-likeness (QED) is 0.766. The summed E-state index contributed by atoms with van der Waals surface area (Å²) in [5, 5.41) is 6.69. The highest BCUT2D eigenvalue weighted by Crippen LogP contribution is 2.35. The first-order valence-corrected chi connectivity index (χ1v) is 9.73. The molecule has 0 aliphatic heterocycles. The number of nitrogens with one attached hydrogen (secondary N) is 1. The van der Waals surface area contributed by atoms with Crippen molar-refractivity contribution in [1.29, 1.82) is 0 Å². The second-order valence-corrected chi connectivity index (χ2v) is 7.50. The summed E-state index contributed by atoms with van der Waals surface area (Å²) >= 11 is 0. The van der Waals surface area contributed by atoms with Crippen molar-refractivity contribution in [2.24, 2.45) is 7.05 Å². The van der Waals surface area contributed by atoms with Gasteiger partial charge in [-0.25, -0.2) is 0 Å². The Labute approximate surface area is 166 Å². The Kier molecular flexibility index (Phi) is 5.86. The van der Waals surface area contributed by atoms with Crippen LogP contribution in [0.15, 0.2) is 22.5 Å². The lowest BCUT2D eigenvalue weighted by atomic mass is 9.97. The molecule has 0 spiro atoms. The minimum atomic E-state index is -4.69. The average molecular weight is 410 g/mol. The summed E-state index contributed by atoms with van der Waals surface area (Å²) in [7, 11) is 1.46. The number of allylic oxidation sites excluding steroid dienone is 1. The van der Waals surface area contributed by atoms with Gasteiger partial charge in [-0.05, 0) is 46.0 Å². The first-order valence-electron chi connectivity index (χ1n) is 9.73. The van der Waals surface area contributed by atoms with Crippen LogP contribution in [-0.2, 0) is 18.0 Å². The Morgan fingerprint density at radius 1 is 1.34 bits per heavy atom. The Morgan fingerprint density at radius 2 is 2.07 bits per heavy atom. The molecule has 1 unspecified atom stereocenters. The Balaban J connectivity index is 1.90. The van der Waals surface area contributed by atoms with Gasteiger partial charge in [0, 0.05) is 19.7 Å². The fourth-order valence-electron chi connectivity index (χ4n) is 3.95. The molecule has 0 radical (unpaired) electrons. The number of pyridine rings is 1. The van der Waals surface area contributed by atoms with E-state index in [9.17, 15) is 22.8 Å². The van der Waals surface area contributed by atoms with Gasteiger partial charge in [0.05, 0.1) is 16.6 Å². The third-order valence-electron chi connectivity index (χ3n) is 5.40. The molecule has 1 amide bonds. The Bertz CT molecular complexity index is 1020. The number of amides is 1. The van der Waals surface area contributed by atoms with Crippen molar-refractivity contribution >= 4 is 16.9 Å². The topological polar surface area (TPSA) is 68.9 Å². The summed E-state index contributed by atoms with van der Waals surface area (Å²) in [4.78, 5) is 25.2. The third kappa shape index (κ3) is 4.23. The van der Waals surface area contributed by atoms with E-state index < -0.39 is 29.2 Å². The summed E-state index contributed by atoms with van der Waals surface area (Å²) in [5.41, 5.74) is -0.470. The lowest BCUT2D eigenvalue weighted by Crippen LogP contribution is -2.37. The number of aryl methyl sites for hydroxylation is 2. The van der Waals surface area contributed by atoms with Crippen LogP contribution in [0.25, 0.3) is 11.0 Å². The largest absolute Gasteiger partial charge is 0.417 e. The van der Waals surface area contributed by atoms with E-state index >= 15 is 0 Å². The molecule has 2 aromatic heterocycles. The number of halogens is 3. The van der Waals surface area contributed by atoms with Crippen LogP contribution in [0, 0.1) is 6.92 Å². The highest BCUT2D eigenvalue weighted by Gasteiger charge is 2.36. The van der Waals surface area contributed by atoms with Crippen molar-refractivity contribution in [3.05, 3.63) is 39.3 Å². The van der Waals surface area contributed by atoms with Crippen molar-refractivity contribution in [3.8, 4) is 0 Å². The maximum Gasteiger partial charge on any atom is 0.417 e. The molecule has 6 nitrogen and oxygen atoms in total. The zero-order valence-corrected chi connectivity index (χ0v) is 16.8. The minimum absolute atomic E-state index is 0.0139. The average Bonchev–Trinajstić information content (AvgIpc) is 2.95. The highest BCUT2D eigenvalue weighted by atomic mass is 19.4. The van der Waals surface area contributed by atoms with Gasteiger partial charge < -0.3 is 5.32 Å². The molecule has 0 saturated carbocycles. The minimum Gasteiger partial charge on any atom is -0.354 e. The molecule has 1 aliphatic rings. The molecule has 0 saturated heterocycles. The number of carbonyl (C=O) groups excluding carboxylic acids is 1.